The average Bonchev–Trinajstić information content (AvgIpc) is 2.76. The lowest BCUT2D eigenvalue weighted by Crippen LogP contribution is -2.10. The fourth-order valence-electron chi connectivity index (χ4n) is 1.82. The maximum Gasteiger partial charge on any atom is 0.417 e. The van der Waals surface area contributed by atoms with Gasteiger partial charge in [-0.15, -0.1) is 0 Å². The van der Waals surface area contributed by atoms with Crippen LogP contribution >= 0.6 is 0 Å². The summed E-state index contributed by atoms with van der Waals surface area (Å²) in [5, 5.41) is 6.41. The molecule has 96 valence electrons. The standard InChI is InChI=1S/C12H12F3N3/c1-7(16)11-9(6-17-18-11)8-4-2-3-5-10(8)12(13,14)15/h2-7H,16H2,1H3,(H,17,18). The van der Waals surface area contributed by atoms with E-state index in [1.807, 2.05) is 0 Å². The Bertz CT molecular complexity index is 543. The van der Waals surface area contributed by atoms with E-state index in [1.165, 1.54) is 18.3 Å². The number of rotatable bonds is 2. The number of benzene rings is 1. The zero-order valence-corrected chi connectivity index (χ0v) is 9.62. The summed E-state index contributed by atoms with van der Waals surface area (Å²) in [6.07, 6.45) is -3.04. The van der Waals surface area contributed by atoms with Crippen LogP contribution in [-0.4, -0.2) is 10.2 Å². The smallest absolute Gasteiger partial charge is 0.323 e. The highest BCUT2D eigenvalue weighted by Crippen LogP contribution is 2.38. The fraction of sp³-hybridized carbons (Fsp3) is 0.250. The predicted octanol–water partition coefficient (Wildman–Crippen LogP) is 3.12. The normalized spacial score (nSPS) is 13.6. The summed E-state index contributed by atoms with van der Waals surface area (Å²) in [7, 11) is 0. The van der Waals surface area contributed by atoms with Crippen molar-refractivity contribution in [3.63, 3.8) is 0 Å². The fourth-order valence-corrected chi connectivity index (χ4v) is 1.82. The summed E-state index contributed by atoms with van der Waals surface area (Å²) in [5.74, 6) is 0. The van der Waals surface area contributed by atoms with Gasteiger partial charge in [0.1, 0.15) is 0 Å². The van der Waals surface area contributed by atoms with E-state index in [9.17, 15) is 13.2 Å². The van der Waals surface area contributed by atoms with Crippen LogP contribution in [0.3, 0.4) is 0 Å². The summed E-state index contributed by atoms with van der Waals surface area (Å²) in [4.78, 5) is 0. The van der Waals surface area contributed by atoms with Crippen molar-refractivity contribution in [3.05, 3.63) is 41.7 Å². The van der Waals surface area contributed by atoms with Crippen LogP contribution in [0.25, 0.3) is 11.1 Å². The van der Waals surface area contributed by atoms with Crippen LogP contribution < -0.4 is 5.73 Å². The van der Waals surface area contributed by atoms with Gasteiger partial charge in [-0.05, 0) is 18.6 Å². The maximum atomic E-state index is 12.9. The molecule has 1 atom stereocenters. The van der Waals surface area contributed by atoms with Crippen LogP contribution in [0.1, 0.15) is 24.2 Å². The van der Waals surface area contributed by atoms with Gasteiger partial charge >= 0.3 is 6.18 Å². The second kappa shape index (κ2) is 4.45. The zero-order chi connectivity index (χ0) is 13.3. The Morgan fingerprint density at radius 3 is 2.50 bits per heavy atom. The minimum Gasteiger partial charge on any atom is -0.323 e. The molecule has 0 spiro atoms. The largest absolute Gasteiger partial charge is 0.417 e. The lowest BCUT2D eigenvalue weighted by atomic mass is 9.98. The van der Waals surface area contributed by atoms with Gasteiger partial charge < -0.3 is 5.73 Å². The van der Waals surface area contributed by atoms with Crippen molar-refractivity contribution < 1.29 is 13.2 Å². The third kappa shape index (κ3) is 2.24. The first-order valence-electron chi connectivity index (χ1n) is 5.36. The maximum absolute atomic E-state index is 12.9. The van der Waals surface area contributed by atoms with E-state index in [-0.39, 0.29) is 5.56 Å². The number of alkyl halides is 3. The highest BCUT2D eigenvalue weighted by Gasteiger charge is 2.34. The van der Waals surface area contributed by atoms with Crippen molar-refractivity contribution in [1.29, 1.82) is 0 Å². The van der Waals surface area contributed by atoms with E-state index in [0.29, 0.717) is 11.3 Å². The molecule has 2 rings (SSSR count). The van der Waals surface area contributed by atoms with Crippen LogP contribution in [0.2, 0.25) is 0 Å². The quantitative estimate of drug-likeness (QED) is 0.866. The van der Waals surface area contributed by atoms with Crippen molar-refractivity contribution in [3.8, 4) is 11.1 Å². The van der Waals surface area contributed by atoms with E-state index in [2.05, 4.69) is 10.2 Å². The van der Waals surface area contributed by atoms with Crippen LogP contribution in [0, 0.1) is 0 Å². The van der Waals surface area contributed by atoms with Gasteiger partial charge in [-0.1, -0.05) is 18.2 Å². The first kappa shape index (κ1) is 12.6. The second-order valence-electron chi connectivity index (χ2n) is 4.03. The van der Waals surface area contributed by atoms with Crippen molar-refractivity contribution in [1.82, 2.24) is 10.2 Å². The molecule has 3 N–H and O–H groups in total. The second-order valence-corrected chi connectivity index (χ2v) is 4.03. The third-order valence-electron chi connectivity index (χ3n) is 2.65. The van der Waals surface area contributed by atoms with E-state index in [4.69, 9.17) is 5.73 Å². The van der Waals surface area contributed by atoms with Crippen LogP contribution in [0.5, 0.6) is 0 Å². The lowest BCUT2D eigenvalue weighted by molar-refractivity contribution is -0.137. The number of hydrogen-bond donors (Lipinski definition) is 2. The van der Waals surface area contributed by atoms with Gasteiger partial charge in [-0.25, -0.2) is 0 Å². The molecule has 0 aliphatic heterocycles. The van der Waals surface area contributed by atoms with Crippen molar-refractivity contribution in [2.45, 2.75) is 19.1 Å². The highest BCUT2D eigenvalue weighted by atomic mass is 19.4. The molecule has 2 aromatic rings. The van der Waals surface area contributed by atoms with Crippen molar-refractivity contribution in [2.24, 2.45) is 5.73 Å². The molecule has 0 amide bonds. The van der Waals surface area contributed by atoms with E-state index in [0.717, 1.165) is 6.07 Å². The molecule has 3 nitrogen and oxygen atoms in total. The number of nitrogens with two attached hydrogens (primary N) is 1. The van der Waals surface area contributed by atoms with Gasteiger partial charge in [0.05, 0.1) is 17.5 Å². The number of H-pyrrole nitrogens is 1. The van der Waals surface area contributed by atoms with Crippen molar-refractivity contribution in [2.75, 3.05) is 0 Å². The number of aromatic nitrogens is 2. The van der Waals surface area contributed by atoms with Crippen LogP contribution in [0.15, 0.2) is 30.5 Å². The molecule has 1 aromatic carbocycles. The van der Waals surface area contributed by atoms with Gasteiger partial charge in [-0.3, -0.25) is 5.10 Å². The number of aromatic amines is 1. The van der Waals surface area contributed by atoms with E-state index >= 15 is 0 Å². The Labute approximate surface area is 102 Å². The predicted molar refractivity (Wildman–Crippen MR) is 61.6 cm³/mol. The SMILES string of the molecule is CC(N)c1[nH]ncc1-c1ccccc1C(F)(F)F. The summed E-state index contributed by atoms with van der Waals surface area (Å²) in [5.41, 5.74) is 5.98. The van der Waals surface area contributed by atoms with Gasteiger partial charge in [0.15, 0.2) is 0 Å². The summed E-state index contributed by atoms with van der Waals surface area (Å²) in [6.45, 7) is 1.69. The Morgan fingerprint density at radius 1 is 1.22 bits per heavy atom. The molecule has 0 saturated heterocycles. The highest BCUT2D eigenvalue weighted by molar-refractivity contribution is 5.70. The third-order valence-corrected chi connectivity index (χ3v) is 2.65. The molecule has 1 heterocycles. The molecule has 18 heavy (non-hydrogen) atoms. The van der Waals surface area contributed by atoms with Crippen LogP contribution in [0.4, 0.5) is 13.2 Å². The van der Waals surface area contributed by atoms with E-state index in [1.54, 1.807) is 13.0 Å². The average molecular weight is 255 g/mol. The molecular formula is C12H12F3N3. The van der Waals surface area contributed by atoms with Crippen molar-refractivity contribution >= 4 is 0 Å². The molecule has 6 heteroatoms. The van der Waals surface area contributed by atoms with Gasteiger partial charge in [0, 0.05) is 11.6 Å². The topological polar surface area (TPSA) is 54.7 Å². The number of nitrogens with zero attached hydrogens (tertiary/aromatic N) is 1. The van der Waals surface area contributed by atoms with Gasteiger partial charge in [0.25, 0.3) is 0 Å². The first-order valence-corrected chi connectivity index (χ1v) is 5.36. The van der Waals surface area contributed by atoms with E-state index < -0.39 is 17.8 Å². The molecule has 1 aromatic heterocycles. The summed E-state index contributed by atoms with van der Waals surface area (Å²) < 4.78 is 38.7. The number of hydrogen-bond acceptors (Lipinski definition) is 2. The lowest BCUT2D eigenvalue weighted by Gasteiger charge is -2.13. The Balaban J connectivity index is 2.61. The van der Waals surface area contributed by atoms with Crippen LogP contribution in [-0.2, 0) is 6.18 Å². The Kier molecular flexibility index (Phi) is 3.13. The number of nitrogens with one attached hydrogen (secondary N) is 1. The minimum absolute atomic E-state index is 0.0889. The molecule has 0 aliphatic carbocycles. The molecule has 0 fully saturated rings. The Morgan fingerprint density at radius 2 is 1.89 bits per heavy atom. The minimum atomic E-state index is -4.40. The van der Waals surface area contributed by atoms with Gasteiger partial charge in [0.2, 0.25) is 0 Å². The first-order chi connectivity index (χ1) is 8.41. The monoisotopic (exact) mass is 255 g/mol. The molecular weight excluding hydrogens is 243 g/mol. The summed E-state index contributed by atoms with van der Waals surface area (Å²) >= 11 is 0. The molecule has 0 radical (unpaired) electrons. The molecule has 0 bridgehead atoms. The molecule has 0 saturated carbocycles. The van der Waals surface area contributed by atoms with Gasteiger partial charge in [-0.2, -0.15) is 18.3 Å². The summed E-state index contributed by atoms with van der Waals surface area (Å²) in [6, 6.07) is 4.97. The molecule has 1 unspecified atom stereocenters. The molecule has 0 aliphatic rings. The number of halogens is 3. The zero-order valence-electron chi connectivity index (χ0n) is 9.62. The Hall–Kier alpha value is -1.82.